The van der Waals surface area contributed by atoms with Gasteiger partial charge in [-0.2, -0.15) is 0 Å². The highest BCUT2D eigenvalue weighted by Gasteiger charge is 2.18. The van der Waals surface area contributed by atoms with E-state index in [1.54, 1.807) is 14.2 Å². The molecule has 0 bridgehead atoms. The maximum atomic E-state index is 5.48. The van der Waals surface area contributed by atoms with E-state index in [0.29, 0.717) is 6.61 Å². The summed E-state index contributed by atoms with van der Waals surface area (Å²) in [4.78, 5) is 6.41. The molecule has 0 aliphatic rings. The molecule has 1 aromatic carbocycles. The Morgan fingerprint density at radius 3 is 2.54 bits per heavy atom. The summed E-state index contributed by atoms with van der Waals surface area (Å²) in [6.07, 6.45) is 0. The Morgan fingerprint density at radius 1 is 1.25 bits per heavy atom. The Labute approximate surface area is 163 Å². The average molecular weight is 450 g/mol. The lowest BCUT2D eigenvalue weighted by Crippen LogP contribution is -2.42. The van der Waals surface area contributed by atoms with Crippen molar-refractivity contribution < 1.29 is 9.47 Å². The zero-order valence-corrected chi connectivity index (χ0v) is 17.7. The quantitative estimate of drug-likeness (QED) is 0.261. The van der Waals surface area contributed by atoms with Crippen molar-refractivity contribution in [1.29, 1.82) is 0 Å². The molecule has 1 atom stereocenters. The molecule has 0 amide bonds. The van der Waals surface area contributed by atoms with E-state index in [0.717, 1.165) is 37.0 Å². The molecule has 0 saturated carbocycles. The first-order valence-electron chi connectivity index (χ1n) is 7.95. The van der Waals surface area contributed by atoms with Crippen molar-refractivity contribution in [2.75, 3.05) is 54.6 Å². The Morgan fingerprint density at radius 2 is 1.96 bits per heavy atom. The zero-order chi connectivity index (χ0) is 17.1. The molecule has 1 unspecified atom stereocenters. The van der Waals surface area contributed by atoms with Gasteiger partial charge in [0.15, 0.2) is 5.96 Å². The van der Waals surface area contributed by atoms with Crippen LogP contribution in [0.3, 0.4) is 0 Å². The fourth-order valence-corrected chi connectivity index (χ4v) is 2.31. The fraction of sp³-hybridized carbons (Fsp3) is 0.588. The molecule has 0 fully saturated rings. The highest BCUT2D eigenvalue weighted by molar-refractivity contribution is 14.0. The number of guanidine groups is 1. The van der Waals surface area contributed by atoms with Gasteiger partial charge in [0, 0.05) is 32.3 Å². The van der Waals surface area contributed by atoms with Crippen LogP contribution in [0, 0.1) is 0 Å². The van der Waals surface area contributed by atoms with Crippen molar-refractivity contribution >= 4 is 29.9 Å². The predicted octanol–water partition coefficient (Wildman–Crippen LogP) is 2.12. The first-order chi connectivity index (χ1) is 11.1. The molecule has 1 aromatic rings. The van der Waals surface area contributed by atoms with E-state index in [1.165, 1.54) is 0 Å². The first kappa shape index (κ1) is 22.9. The normalized spacial score (nSPS) is 12.5. The molecule has 2 N–H and O–H groups in total. The van der Waals surface area contributed by atoms with Gasteiger partial charge in [0.25, 0.3) is 0 Å². The standard InChI is InChI=1S/C17H30N4O2.HI/c1-6-23-12-11-19-17(18-2)20-13-15(21(3)4)14-9-7-8-10-16(14)22-5;/h7-10,15H,6,11-13H2,1-5H3,(H2,18,19,20);1H. The largest absolute Gasteiger partial charge is 0.496 e. The molecule has 0 aliphatic carbocycles. The number of halogens is 1. The Kier molecular flexibility index (Phi) is 12.7. The van der Waals surface area contributed by atoms with Crippen LogP contribution in [0.4, 0.5) is 0 Å². The highest BCUT2D eigenvalue weighted by Crippen LogP contribution is 2.27. The van der Waals surface area contributed by atoms with Crippen LogP contribution in [0.2, 0.25) is 0 Å². The van der Waals surface area contributed by atoms with Crippen molar-refractivity contribution in [3.63, 3.8) is 0 Å². The second-order valence-corrected chi connectivity index (χ2v) is 5.30. The molecule has 1 rings (SSSR count). The average Bonchev–Trinajstić information content (AvgIpc) is 2.57. The second-order valence-electron chi connectivity index (χ2n) is 5.30. The number of methoxy groups -OCH3 is 1. The lowest BCUT2D eigenvalue weighted by molar-refractivity contribution is 0.152. The van der Waals surface area contributed by atoms with Crippen LogP contribution in [0.25, 0.3) is 0 Å². The van der Waals surface area contributed by atoms with Crippen LogP contribution in [-0.4, -0.2) is 65.4 Å². The molecule has 0 heterocycles. The minimum Gasteiger partial charge on any atom is -0.496 e. The monoisotopic (exact) mass is 450 g/mol. The number of nitrogens with one attached hydrogen (secondary N) is 2. The number of aliphatic imine (C=N–C) groups is 1. The molecular weight excluding hydrogens is 419 g/mol. The van der Waals surface area contributed by atoms with Crippen LogP contribution in [0.1, 0.15) is 18.5 Å². The third-order valence-corrected chi connectivity index (χ3v) is 3.55. The fourth-order valence-electron chi connectivity index (χ4n) is 2.31. The number of rotatable bonds is 9. The van der Waals surface area contributed by atoms with Gasteiger partial charge in [0.1, 0.15) is 5.75 Å². The van der Waals surface area contributed by atoms with Crippen LogP contribution >= 0.6 is 24.0 Å². The van der Waals surface area contributed by atoms with Gasteiger partial charge in [-0.15, -0.1) is 24.0 Å². The molecule has 0 spiro atoms. The summed E-state index contributed by atoms with van der Waals surface area (Å²) in [6, 6.07) is 8.27. The summed E-state index contributed by atoms with van der Waals surface area (Å²) in [6.45, 7) is 4.84. The van der Waals surface area contributed by atoms with Crippen LogP contribution in [0.5, 0.6) is 5.75 Å². The third kappa shape index (κ3) is 7.67. The number of nitrogens with zero attached hydrogens (tertiary/aromatic N) is 2. The summed E-state index contributed by atoms with van der Waals surface area (Å²) in [7, 11) is 7.59. The first-order valence-corrected chi connectivity index (χ1v) is 7.95. The summed E-state index contributed by atoms with van der Waals surface area (Å²) in [5.74, 6) is 1.67. The SMILES string of the molecule is CCOCCNC(=NC)NCC(c1ccccc1OC)N(C)C.I. The lowest BCUT2D eigenvalue weighted by Gasteiger charge is -2.27. The summed E-state index contributed by atoms with van der Waals surface area (Å²) in [5, 5.41) is 6.61. The molecule has 7 heteroatoms. The summed E-state index contributed by atoms with van der Waals surface area (Å²) in [5.41, 5.74) is 1.15. The zero-order valence-electron chi connectivity index (χ0n) is 15.3. The van der Waals surface area contributed by atoms with Crippen LogP contribution in [-0.2, 0) is 4.74 Å². The van der Waals surface area contributed by atoms with Crippen LogP contribution in [0.15, 0.2) is 29.3 Å². The van der Waals surface area contributed by atoms with Gasteiger partial charge < -0.3 is 25.0 Å². The Hall–Kier alpha value is -1.06. The van der Waals surface area contributed by atoms with Gasteiger partial charge in [-0.1, -0.05) is 18.2 Å². The number of hydrogen-bond acceptors (Lipinski definition) is 4. The van der Waals surface area contributed by atoms with Crippen molar-refractivity contribution in [2.45, 2.75) is 13.0 Å². The van der Waals surface area contributed by atoms with Crippen molar-refractivity contribution in [2.24, 2.45) is 4.99 Å². The molecule has 0 radical (unpaired) electrons. The molecular formula is C17H31IN4O2. The number of hydrogen-bond donors (Lipinski definition) is 2. The van der Waals surface area contributed by atoms with E-state index >= 15 is 0 Å². The van der Waals surface area contributed by atoms with Gasteiger partial charge in [0.2, 0.25) is 0 Å². The van der Waals surface area contributed by atoms with Crippen molar-refractivity contribution in [3.8, 4) is 5.75 Å². The van der Waals surface area contributed by atoms with Crippen molar-refractivity contribution in [3.05, 3.63) is 29.8 Å². The van der Waals surface area contributed by atoms with Gasteiger partial charge in [-0.3, -0.25) is 4.99 Å². The minimum absolute atomic E-state index is 0. The van der Waals surface area contributed by atoms with Gasteiger partial charge in [-0.25, -0.2) is 0 Å². The number of para-hydroxylation sites is 1. The predicted molar refractivity (Wildman–Crippen MR) is 111 cm³/mol. The molecule has 0 aromatic heterocycles. The topological polar surface area (TPSA) is 58.1 Å². The van der Waals surface area contributed by atoms with Crippen LogP contribution < -0.4 is 15.4 Å². The maximum absolute atomic E-state index is 5.48. The van der Waals surface area contributed by atoms with Gasteiger partial charge >= 0.3 is 0 Å². The van der Waals surface area contributed by atoms with Gasteiger partial charge in [0.05, 0.1) is 19.8 Å². The number of benzene rings is 1. The molecule has 24 heavy (non-hydrogen) atoms. The van der Waals surface area contributed by atoms with Crippen molar-refractivity contribution in [1.82, 2.24) is 15.5 Å². The van der Waals surface area contributed by atoms with E-state index in [1.807, 2.05) is 25.1 Å². The Balaban J connectivity index is 0.00000529. The molecule has 6 nitrogen and oxygen atoms in total. The minimum atomic E-state index is 0. The van der Waals surface area contributed by atoms with E-state index in [2.05, 4.69) is 40.7 Å². The van der Waals surface area contributed by atoms with E-state index in [9.17, 15) is 0 Å². The molecule has 0 aliphatic heterocycles. The van der Waals surface area contributed by atoms with E-state index < -0.39 is 0 Å². The van der Waals surface area contributed by atoms with E-state index in [-0.39, 0.29) is 30.0 Å². The van der Waals surface area contributed by atoms with Gasteiger partial charge in [-0.05, 0) is 27.1 Å². The number of ether oxygens (including phenoxy) is 2. The Bertz CT molecular complexity index is 483. The molecule has 0 saturated heterocycles. The summed E-state index contributed by atoms with van der Waals surface area (Å²) < 4.78 is 10.8. The second kappa shape index (κ2) is 13.3. The van der Waals surface area contributed by atoms with E-state index in [4.69, 9.17) is 9.47 Å². The number of likely N-dealkylation sites (N-methyl/N-ethyl adjacent to an activating group) is 1. The third-order valence-electron chi connectivity index (χ3n) is 3.55. The summed E-state index contributed by atoms with van der Waals surface area (Å²) >= 11 is 0. The molecule has 138 valence electrons. The lowest BCUT2D eigenvalue weighted by atomic mass is 10.0. The maximum Gasteiger partial charge on any atom is 0.191 e. The smallest absolute Gasteiger partial charge is 0.191 e. The highest BCUT2D eigenvalue weighted by atomic mass is 127.